The van der Waals surface area contributed by atoms with Gasteiger partial charge in [0.25, 0.3) is 10.0 Å². The Bertz CT molecular complexity index is 1500. The van der Waals surface area contributed by atoms with Crippen molar-refractivity contribution in [1.29, 1.82) is 0 Å². The molecule has 0 fully saturated rings. The lowest BCUT2D eigenvalue weighted by molar-refractivity contribution is -0.140. The highest BCUT2D eigenvalue weighted by Crippen LogP contribution is 2.31. The van der Waals surface area contributed by atoms with E-state index in [0.29, 0.717) is 39.2 Å². The number of anilines is 1. The predicted molar refractivity (Wildman–Crippen MR) is 166 cm³/mol. The standard InChI is InChI=1S/C30H34Cl3N3O4S/c1-5-15-34-30(38)27(6-2)35(18-22-10-12-23(31)16-26(22)33)29(37)19-36(28-17-24(32)11-9-21(28)4)41(39,40)25-13-7-20(3)8-14-25/h7-14,16-17,27H,5-6,15,18-19H2,1-4H3,(H,34,38). The Morgan fingerprint density at radius 2 is 1.54 bits per heavy atom. The zero-order valence-electron chi connectivity index (χ0n) is 23.5. The maximum Gasteiger partial charge on any atom is 0.264 e. The van der Waals surface area contributed by atoms with Crippen molar-refractivity contribution in [2.45, 2.75) is 58.0 Å². The number of carbonyl (C=O) groups is 2. The number of carbonyl (C=O) groups excluding carboxylic acids is 2. The second kappa shape index (κ2) is 14.4. The summed E-state index contributed by atoms with van der Waals surface area (Å²) in [7, 11) is -4.21. The number of hydrogen-bond acceptors (Lipinski definition) is 4. The second-order valence-electron chi connectivity index (χ2n) is 9.73. The van der Waals surface area contributed by atoms with E-state index in [4.69, 9.17) is 34.8 Å². The molecule has 0 aliphatic carbocycles. The third kappa shape index (κ3) is 8.16. The summed E-state index contributed by atoms with van der Waals surface area (Å²) in [6, 6.07) is 15.3. The fourth-order valence-electron chi connectivity index (χ4n) is 4.32. The van der Waals surface area contributed by atoms with Gasteiger partial charge in [0.2, 0.25) is 11.8 Å². The highest BCUT2D eigenvalue weighted by atomic mass is 35.5. The van der Waals surface area contributed by atoms with Crippen molar-refractivity contribution in [2.24, 2.45) is 0 Å². The maximum atomic E-state index is 14.2. The minimum absolute atomic E-state index is 0.0234. The second-order valence-corrected chi connectivity index (χ2v) is 12.9. The third-order valence-electron chi connectivity index (χ3n) is 6.62. The molecule has 1 unspecified atom stereocenters. The monoisotopic (exact) mass is 637 g/mol. The molecule has 7 nitrogen and oxygen atoms in total. The van der Waals surface area contributed by atoms with Crippen LogP contribution in [0.3, 0.4) is 0 Å². The molecule has 0 bridgehead atoms. The van der Waals surface area contributed by atoms with Gasteiger partial charge in [-0.25, -0.2) is 8.42 Å². The largest absolute Gasteiger partial charge is 0.354 e. The molecule has 0 saturated heterocycles. The number of sulfonamides is 1. The molecule has 3 aromatic carbocycles. The van der Waals surface area contributed by atoms with E-state index in [-0.39, 0.29) is 23.0 Å². The van der Waals surface area contributed by atoms with Crippen molar-refractivity contribution in [1.82, 2.24) is 10.2 Å². The molecule has 3 aromatic rings. The van der Waals surface area contributed by atoms with E-state index in [0.717, 1.165) is 16.3 Å². The van der Waals surface area contributed by atoms with Crippen LogP contribution < -0.4 is 9.62 Å². The quantitative estimate of drug-likeness (QED) is 0.237. The minimum Gasteiger partial charge on any atom is -0.354 e. The SMILES string of the molecule is CCCNC(=O)C(CC)N(Cc1ccc(Cl)cc1Cl)C(=O)CN(c1cc(Cl)ccc1C)S(=O)(=O)c1ccc(C)cc1. The van der Waals surface area contributed by atoms with Crippen molar-refractivity contribution in [2.75, 3.05) is 17.4 Å². The summed E-state index contributed by atoms with van der Waals surface area (Å²) in [4.78, 5) is 28.8. The lowest BCUT2D eigenvalue weighted by atomic mass is 10.1. The summed E-state index contributed by atoms with van der Waals surface area (Å²) < 4.78 is 29.1. The van der Waals surface area contributed by atoms with Crippen molar-refractivity contribution in [3.05, 3.63) is 92.4 Å². The molecule has 0 aromatic heterocycles. The number of benzene rings is 3. The van der Waals surface area contributed by atoms with Crippen LogP contribution in [0.15, 0.2) is 65.6 Å². The Morgan fingerprint density at radius 1 is 0.902 bits per heavy atom. The Kier molecular flexibility index (Phi) is 11.5. The molecule has 2 amide bonds. The zero-order valence-corrected chi connectivity index (χ0v) is 26.5. The number of amides is 2. The molecule has 0 heterocycles. The first-order chi connectivity index (χ1) is 19.4. The first-order valence-electron chi connectivity index (χ1n) is 13.3. The van der Waals surface area contributed by atoms with Gasteiger partial charge in [-0.05, 0) is 74.2 Å². The molecule has 0 aliphatic heterocycles. The number of rotatable bonds is 12. The van der Waals surface area contributed by atoms with Crippen LogP contribution in [0, 0.1) is 13.8 Å². The average molecular weight is 639 g/mol. The normalized spacial score (nSPS) is 12.1. The molecule has 1 atom stereocenters. The van der Waals surface area contributed by atoms with E-state index >= 15 is 0 Å². The van der Waals surface area contributed by atoms with Crippen LogP contribution in [0.1, 0.15) is 43.4 Å². The van der Waals surface area contributed by atoms with Gasteiger partial charge in [-0.1, -0.05) is 78.5 Å². The lowest BCUT2D eigenvalue weighted by Crippen LogP contribution is -2.52. The van der Waals surface area contributed by atoms with Crippen molar-refractivity contribution in [3.8, 4) is 0 Å². The first kappa shape index (κ1) is 32.7. The number of halogens is 3. The molecule has 11 heteroatoms. The lowest BCUT2D eigenvalue weighted by Gasteiger charge is -2.33. The topological polar surface area (TPSA) is 86.8 Å². The molecule has 41 heavy (non-hydrogen) atoms. The molecule has 220 valence electrons. The molecule has 1 N–H and O–H groups in total. The Hall–Kier alpha value is -2.78. The summed E-state index contributed by atoms with van der Waals surface area (Å²) in [5.41, 5.74) is 2.33. The van der Waals surface area contributed by atoms with E-state index in [1.54, 1.807) is 56.3 Å². The van der Waals surface area contributed by atoms with Crippen molar-refractivity contribution in [3.63, 3.8) is 0 Å². The van der Waals surface area contributed by atoms with Crippen LogP contribution in [0.5, 0.6) is 0 Å². The van der Waals surface area contributed by atoms with E-state index in [1.165, 1.54) is 23.1 Å². The number of nitrogens with zero attached hydrogens (tertiary/aromatic N) is 2. The summed E-state index contributed by atoms with van der Waals surface area (Å²) >= 11 is 18.8. The minimum atomic E-state index is -4.21. The zero-order chi connectivity index (χ0) is 30.3. The van der Waals surface area contributed by atoms with Crippen LogP contribution in [-0.2, 0) is 26.2 Å². The molecule has 3 rings (SSSR count). The number of hydrogen-bond donors (Lipinski definition) is 1. The number of aryl methyl sites for hydroxylation is 2. The predicted octanol–water partition coefficient (Wildman–Crippen LogP) is 6.79. The highest BCUT2D eigenvalue weighted by molar-refractivity contribution is 7.92. The maximum absolute atomic E-state index is 14.2. The fraction of sp³-hybridized carbons (Fsp3) is 0.333. The molecule has 0 radical (unpaired) electrons. The van der Waals surface area contributed by atoms with E-state index in [9.17, 15) is 18.0 Å². The Morgan fingerprint density at radius 3 is 2.15 bits per heavy atom. The van der Waals surface area contributed by atoms with E-state index in [2.05, 4.69) is 5.32 Å². The number of nitrogens with one attached hydrogen (secondary N) is 1. The van der Waals surface area contributed by atoms with Crippen LogP contribution in [0.25, 0.3) is 0 Å². The van der Waals surface area contributed by atoms with Gasteiger partial charge in [0.05, 0.1) is 10.6 Å². The molecule has 0 saturated carbocycles. The summed E-state index contributed by atoms with van der Waals surface area (Å²) in [5.74, 6) is -0.913. The van der Waals surface area contributed by atoms with Crippen LogP contribution in [-0.4, -0.2) is 44.3 Å². The van der Waals surface area contributed by atoms with Gasteiger partial charge in [-0.2, -0.15) is 0 Å². The fourth-order valence-corrected chi connectivity index (χ4v) is 6.43. The van der Waals surface area contributed by atoms with Gasteiger partial charge in [0.15, 0.2) is 0 Å². The molecular formula is C30H34Cl3N3O4S. The first-order valence-corrected chi connectivity index (χ1v) is 15.8. The van der Waals surface area contributed by atoms with Crippen LogP contribution in [0.2, 0.25) is 15.1 Å². The average Bonchev–Trinajstić information content (AvgIpc) is 2.93. The van der Waals surface area contributed by atoms with E-state index < -0.39 is 28.5 Å². The van der Waals surface area contributed by atoms with Gasteiger partial charge >= 0.3 is 0 Å². The smallest absolute Gasteiger partial charge is 0.264 e. The van der Waals surface area contributed by atoms with Crippen molar-refractivity contribution >= 4 is 62.3 Å². The van der Waals surface area contributed by atoms with Gasteiger partial charge in [-0.3, -0.25) is 13.9 Å². The van der Waals surface area contributed by atoms with Crippen LogP contribution in [0.4, 0.5) is 5.69 Å². The van der Waals surface area contributed by atoms with Gasteiger partial charge in [0, 0.05) is 28.2 Å². The summed E-state index contributed by atoms with van der Waals surface area (Å²) in [6.07, 6.45) is 1.02. The molecule has 0 aliphatic rings. The summed E-state index contributed by atoms with van der Waals surface area (Å²) in [6.45, 7) is 7.16. The Balaban J connectivity index is 2.11. The van der Waals surface area contributed by atoms with Gasteiger partial charge < -0.3 is 10.2 Å². The highest BCUT2D eigenvalue weighted by Gasteiger charge is 2.34. The van der Waals surface area contributed by atoms with Crippen molar-refractivity contribution < 1.29 is 18.0 Å². The van der Waals surface area contributed by atoms with Crippen LogP contribution >= 0.6 is 34.8 Å². The third-order valence-corrected chi connectivity index (χ3v) is 9.21. The molecule has 0 spiro atoms. The van der Waals surface area contributed by atoms with Gasteiger partial charge in [-0.15, -0.1) is 0 Å². The van der Waals surface area contributed by atoms with E-state index in [1.807, 2.05) is 13.8 Å². The molecular weight excluding hydrogens is 605 g/mol. The van der Waals surface area contributed by atoms with Gasteiger partial charge in [0.1, 0.15) is 12.6 Å². The summed E-state index contributed by atoms with van der Waals surface area (Å²) in [5, 5.41) is 3.93. The Labute approximate surface area is 257 Å².